The lowest BCUT2D eigenvalue weighted by molar-refractivity contribution is -0.132. The van der Waals surface area contributed by atoms with Crippen LogP contribution in [0.15, 0.2) is 5.38 Å². The molecular formula is C13H19ClN2OS. The Kier molecular flexibility index (Phi) is 5.01. The Morgan fingerprint density at radius 3 is 2.83 bits per heavy atom. The summed E-state index contributed by atoms with van der Waals surface area (Å²) in [5.74, 6) is 0.630. The molecule has 2 rings (SSSR count). The van der Waals surface area contributed by atoms with Gasteiger partial charge in [-0.15, -0.1) is 22.9 Å². The van der Waals surface area contributed by atoms with Crippen LogP contribution in [0.5, 0.6) is 0 Å². The van der Waals surface area contributed by atoms with Crippen LogP contribution in [-0.2, 0) is 17.1 Å². The summed E-state index contributed by atoms with van der Waals surface area (Å²) >= 11 is 7.25. The number of carbonyl (C=O) groups excluding carboxylic acids is 1. The number of aromatic nitrogens is 1. The quantitative estimate of drug-likeness (QED) is 0.779. The minimum atomic E-state index is 0.208. The van der Waals surface area contributed by atoms with E-state index in [1.54, 1.807) is 0 Å². The number of alkyl halides is 1. The van der Waals surface area contributed by atoms with E-state index in [-0.39, 0.29) is 5.91 Å². The highest BCUT2D eigenvalue weighted by molar-refractivity contribution is 7.09. The predicted molar refractivity (Wildman–Crippen MR) is 75.0 cm³/mol. The highest BCUT2D eigenvalue weighted by Crippen LogP contribution is 2.24. The predicted octanol–water partition coefficient (Wildman–Crippen LogP) is 3.22. The van der Waals surface area contributed by atoms with E-state index >= 15 is 0 Å². The Hall–Kier alpha value is -0.610. The Morgan fingerprint density at radius 1 is 1.56 bits per heavy atom. The SMILES string of the molecule is CCN(C(=O)Cc1nc(CCl)cs1)C1CCCC1. The fraction of sp³-hybridized carbons (Fsp3) is 0.692. The van der Waals surface area contributed by atoms with Gasteiger partial charge in [-0.3, -0.25) is 4.79 Å². The van der Waals surface area contributed by atoms with Crippen molar-refractivity contribution < 1.29 is 4.79 Å². The lowest BCUT2D eigenvalue weighted by Gasteiger charge is -2.27. The largest absolute Gasteiger partial charge is 0.340 e. The second kappa shape index (κ2) is 6.53. The molecule has 0 radical (unpaired) electrons. The first-order valence-corrected chi connectivity index (χ1v) is 7.94. The number of amides is 1. The normalized spacial score (nSPS) is 16.1. The van der Waals surface area contributed by atoms with E-state index in [9.17, 15) is 4.79 Å². The van der Waals surface area contributed by atoms with Gasteiger partial charge in [0.15, 0.2) is 0 Å². The number of thiazole rings is 1. The molecule has 0 saturated heterocycles. The molecule has 0 spiro atoms. The third kappa shape index (κ3) is 3.23. The van der Waals surface area contributed by atoms with Gasteiger partial charge in [0.05, 0.1) is 18.0 Å². The number of hydrogen-bond donors (Lipinski definition) is 0. The van der Waals surface area contributed by atoms with Gasteiger partial charge in [0.2, 0.25) is 5.91 Å². The molecule has 0 N–H and O–H groups in total. The van der Waals surface area contributed by atoms with Crippen molar-refractivity contribution in [2.75, 3.05) is 6.54 Å². The van der Waals surface area contributed by atoms with Gasteiger partial charge in [-0.1, -0.05) is 12.8 Å². The lowest BCUT2D eigenvalue weighted by atomic mass is 10.2. The average Bonchev–Trinajstić information content (AvgIpc) is 3.01. The number of rotatable bonds is 5. The van der Waals surface area contributed by atoms with Crippen molar-refractivity contribution in [2.24, 2.45) is 0 Å². The van der Waals surface area contributed by atoms with Crippen LogP contribution in [-0.4, -0.2) is 28.4 Å². The molecular weight excluding hydrogens is 268 g/mol. The second-order valence-electron chi connectivity index (χ2n) is 4.66. The van der Waals surface area contributed by atoms with E-state index in [0.717, 1.165) is 30.1 Å². The molecule has 1 fully saturated rings. The third-order valence-corrected chi connectivity index (χ3v) is 4.64. The van der Waals surface area contributed by atoms with Gasteiger partial charge in [0, 0.05) is 18.0 Å². The van der Waals surface area contributed by atoms with Crippen molar-refractivity contribution in [2.45, 2.75) is 50.9 Å². The fourth-order valence-electron chi connectivity index (χ4n) is 2.58. The maximum atomic E-state index is 12.3. The summed E-state index contributed by atoms with van der Waals surface area (Å²) in [5.41, 5.74) is 0.869. The molecule has 0 bridgehead atoms. The molecule has 1 heterocycles. The highest BCUT2D eigenvalue weighted by atomic mass is 35.5. The third-order valence-electron chi connectivity index (χ3n) is 3.47. The second-order valence-corrected chi connectivity index (χ2v) is 5.87. The number of halogens is 1. The van der Waals surface area contributed by atoms with Crippen LogP contribution in [0.2, 0.25) is 0 Å². The summed E-state index contributed by atoms with van der Waals surface area (Å²) in [6, 6.07) is 0.454. The Balaban J connectivity index is 1.96. The van der Waals surface area contributed by atoms with Crippen molar-refractivity contribution in [3.63, 3.8) is 0 Å². The van der Waals surface area contributed by atoms with E-state index in [4.69, 9.17) is 11.6 Å². The Morgan fingerprint density at radius 2 is 2.28 bits per heavy atom. The number of carbonyl (C=O) groups is 1. The lowest BCUT2D eigenvalue weighted by Crippen LogP contribution is -2.39. The van der Waals surface area contributed by atoms with E-state index < -0.39 is 0 Å². The number of nitrogens with zero attached hydrogens (tertiary/aromatic N) is 2. The summed E-state index contributed by atoms with van der Waals surface area (Å²) < 4.78 is 0. The molecule has 1 aliphatic carbocycles. The first-order chi connectivity index (χ1) is 8.74. The first-order valence-electron chi connectivity index (χ1n) is 6.53. The van der Waals surface area contributed by atoms with E-state index in [1.165, 1.54) is 24.2 Å². The van der Waals surface area contributed by atoms with E-state index in [2.05, 4.69) is 11.9 Å². The molecule has 1 aliphatic rings. The van der Waals surface area contributed by atoms with Crippen LogP contribution >= 0.6 is 22.9 Å². The number of likely N-dealkylation sites (N-methyl/N-ethyl adjacent to an activating group) is 1. The molecule has 100 valence electrons. The van der Waals surface area contributed by atoms with Gasteiger partial charge in [-0.25, -0.2) is 4.98 Å². The molecule has 0 aliphatic heterocycles. The molecule has 0 aromatic carbocycles. The van der Waals surface area contributed by atoms with Gasteiger partial charge in [-0.05, 0) is 19.8 Å². The zero-order valence-electron chi connectivity index (χ0n) is 10.7. The molecule has 0 atom stereocenters. The average molecular weight is 287 g/mol. The summed E-state index contributed by atoms with van der Waals surface area (Å²) in [7, 11) is 0. The zero-order valence-corrected chi connectivity index (χ0v) is 12.3. The van der Waals surface area contributed by atoms with Crippen LogP contribution < -0.4 is 0 Å². The van der Waals surface area contributed by atoms with Crippen molar-refractivity contribution >= 4 is 28.8 Å². The summed E-state index contributed by atoms with van der Waals surface area (Å²) in [6.07, 6.45) is 5.24. The smallest absolute Gasteiger partial charge is 0.229 e. The van der Waals surface area contributed by atoms with Gasteiger partial charge in [0.1, 0.15) is 5.01 Å². The molecule has 1 amide bonds. The van der Waals surface area contributed by atoms with Crippen molar-refractivity contribution in [3.8, 4) is 0 Å². The summed E-state index contributed by atoms with van der Waals surface area (Å²) in [6.45, 7) is 2.86. The van der Waals surface area contributed by atoms with Gasteiger partial charge < -0.3 is 4.90 Å². The van der Waals surface area contributed by atoms with Crippen LogP contribution in [0.25, 0.3) is 0 Å². The Bertz CT molecular complexity index is 401. The first kappa shape index (κ1) is 13.8. The molecule has 1 saturated carbocycles. The Labute approximate surface area is 117 Å². The zero-order chi connectivity index (χ0) is 13.0. The molecule has 3 nitrogen and oxygen atoms in total. The van der Waals surface area contributed by atoms with Gasteiger partial charge in [-0.2, -0.15) is 0 Å². The van der Waals surface area contributed by atoms with Gasteiger partial charge in [0.25, 0.3) is 0 Å². The van der Waals surface area contributed by atoms with Crippen molar-refractivity contribution in [1.29, 1.82) is 0 Å². The molecule has 1 aromatic rings. The minimum Gasteiger partial charge on any atom is -0.340 e. The topological polar surface area (TPSA) is 33.2 Å². The molecule has 0 unspecified atom stereocenters. The standard InChI is InChI=1S/C13H19ClN2OS/c1-2-16(11-5-3-4-6-11)13(17)7-12-15-10(8-14)9-18-12/h9,11H,2-8H2,1H3. The van der Waals surface area contributed by atoms with Gasteiger partial charge >= 0.3 is 0 Å². The molecule has 5 heteroatoms. The minimum absolute atomic E-state index is 0.208. The van der Waals surface area contributed by atoms with Crippen LogP contribution in [0.3, 0.4) is 0 Å². The van der Waals surface area contributed by atoms with Crippen LogP contribution in [0.4, 0.5) is 0 Å². The van der Waals surface area contributed by atoms with Crippen molar-refractivity contribution in [3.05, 3.63) is 16.1 Å². The number of hydrogen-bond acceptors (Lipinski definition) is 3. The van der Waals surface area contributed by atoms with Crippen molar-refractivity contribution in [1.82, 2.24) is 9.88 Å². The van der Waals surface area contributed by atoms with E-state index in [0.29, 0.717) is 18.3 Å². The summed E-state index contributed by atoms with van der Waals surface area (Å²) in [4.78, 5) is 18.7. The maximum Gasteiger partial charge on any atom is 0.229 e. The molecule has 1 aromatic heterocycles. The maximum absolute atomic E-state index is 12.3. The monoisotopic (exact) mass is 286 g/mol. The summed E-state index contributed by atoms with van der Waals surface area (Å²) in [5, 5.41) is 2.81. The fourth-order valence-corrected chi connectivity index (χ4v) is 3.59. The van der Waals surface area contributed by atoms with E-state index in [1.807, 2.05) is 10.3 Å². The van der Waals surface area contributed by atoms with Crippen LogP contribution in [0, 0.1) is 0 Å². The molecule has 18 heavy (non-hydrogen) atoms. The highest BCUT2D eigenvalue weighted by Gasteiger charge is 2.25. The van der Waals surface area contributed by atoms with Crippen LogP contribution in [0.1, 0.15) is 43.3 Å².